The Hall–Kier alpha value is -6.17. The van der Waals surface area contributed by atoms with Crippen molar-refractivity contribution in [3.63, 3.8) is 0 Å². The van der Waals surface area contributed by atoms with Crippen LogP contribution in [0, 0.1) is 10.1 Å². The van der Waals surface area contributed by atoms with Gasteiger partial charge in [0, 0.05) is 50.9 Å². The lowest BCUT2D eigenvalue weighted by atomic mass is 10.0. The molecule has 2 aliphatic rings. The van der Waals surface area contributed by atoms with Crippen LogP contribution in [0.1, 0.15) is 42.5 Å². The van der Waals surface area contributed by atoms with Gasteiger partial charge in [-0.1, -0.05) is 29.5 Å². The lowest BCUT2D eigenvalue weighted by molar-refractivity contribution is -0.384. The number of phosphoric ester groups is 1. The Balaban J connectivity index is 1.58. The van der Waals surface area contributed by atoms with Crippen molar-refractivity contribution in [1.82, 2.24) is 41.2 Å². The van der Waals surface area contributed by atoms with Crippen molar-refractivity contribution >= 4 is 49.0 Å². The first-order chi connectivity index (χ1) is 28.9. The summed E-state index contributed by atoms with van der Waals surface area (Å²) < 4.78 is 17.0. The van der Waals surface area contributed by atoms with Crippen LogP contribution in [0.5, 0.6) is 0 Å². The molecule has 330 valence electrons. The van der Waals surface area contributed by atoms with Crippen molar-refractivity contribution in [2.75, 3.05) is 32.8 Å². The summed E-state index contributed by atoms with van der Waals surface area (Å²) in [4.78, 5) is 108. The quantitative estimate of drug-likeness (QED) is 0.0541. The maximum absolute atomic E-state index is 13.9. The van der Waals surface area contributed by atoms with Crippen LogP contribution in [0.15, 0.2) is 54.7 Å². The number of phosphoric acid groups is 1. The van der Waals surface area contributed by atoms with Crippen LogP contribution in [0.3, 0.4) is 0 Å². The minimum atomic E-state index is -4.97. The summed E-state index contributed by atoms with van der Waals surface area (Å²) in [6, 6.07) is 6.61. The Morgan fingerprint density at radius 1 is 1.02 bits per heavy atom. The van der Waals surface area contributed by atoms with Crippen LogP contribution >= 0.6 is 7.82 Å². The zero-order valence-corrected chi connectivity index (χ0v) is 33.6. The number of fused-ring (bicyclic) bond motifs is 20. The normalized spacial score (nSPS) is 19.6. The Bertz CT molecular complexity index is 2080. The molecule has 6 amide bonds. The number of non-ortho nitro benzene ring substituents is 1. The summed E-state index contributed by atoms with van der Waals surface area (Å²) in [6.45, 7) is -2.21. The number of aliphatic hydroxyl groups is 1. The molecule has 3 heterocycles. The lowest BCUT2D eigenvalue weighted by Gasteiger charge is -2.27. The van der Waals surface area contributed by atoms with Crippen LogP contribution in [0.25, 0.3) is 5.69 Å². The van der Waals surface area contributed by atoms with Crippen molar-refractivity contribution in [3.05, 3.63) is 81.7 Å². The number of nitro groups is 1. The van der Waals surface area contributed by atoms with Crippen LogP contribution in [-0.4, -0.2) is 132 Å². The summed E-state index contributed by atoms with van der Waals surface area (Å²) >= 11 is 0. The van der Waals surface area contributed by atoms with Gasteiger partial charge in [0.2, 0.25) is 35.4 Å². The Morgan fingerprint density at radius 2 is 1.72 bits per heavy atom. The third-order valence-electron chi connectivity index (χ3n) is 9.24. The van der Waals surface area contributed by atoms with Gasteiger partial charge in [0.1, 0.15) is 18.1 Å². The molecule has 11 N–H and O–H groups in total. The van der Waals surface area contributed by atoms with E-state index in [1.54, 1.807) is 30.5 Å². The van der Waals surface area contributed by atoms with E-state index in [0.717, 1.165) is 0 Å². The van der Waals surface area contributed by atoms with Gasteiger partial charge in [-0.15, -0.1) is 5.10 Å². The summed E-state index contributed by atoms with van der Waals surface area (Å²) in [5.74, 6) is -4.64. The number of carbonyl (C=O) groups is 6. The number of hydrogen-bond acceptors (Lipinski definition) is 14. The minimum Gasteiger partial charge on any atom is -0.394 e. The second kappa shape index (κ2) is 22.4. The average molecular weight is 874 g/mol. The van der Waals surface area contributed by atoms with E-state index in [1.807, 2.05) is 0 Å². The number of nitro benzene ring substituents is 1. The topological polar surface area (TPSA) is 367 Å². The molecule has 0 fully saturated rings. The smallest absolute Gasteiger partial charge is 0.394 e. The highest BCUT2D eigenvalue weighted by Crippen LogP contribution is 2.35. The number of carbonyl (C=O) groups excluding carboxylic acids is 6. The second-order valence-corrected chi connectivity index (χ2v) is 15.3. The number of nitrogens with one attached hydrogen (secondary N) is 4. The molecule has 3 aromatic rings. The van der Waals surface area contributed by atoms with Crippen LogP contribution in [-0.2, 0) is 57.1 Å². The van der Waals surface area contributed by atoms with E-state index in [-0.39, 0.29) is 38.0 Å². The first-order valence-electron chi connectivity index (χ1n) is 18.9. The van der Waals surface area contributed by atoms with E-state index < -0.39 is 98.5 Å². The Labute approximate surface area is 348 Å². The summed E-state index contributed by atoms with van der Waals surface area (Å²) in [7, 11) is -4.97. The predicted octanol–water partition coefficient (Wildman–Crippen LogP) is -2.61. The molecule has 2 aromatic carbocycles. The van der Waals surface area contributed by atoms with Crippen molar-refractivity contribution in [1.29, 1.82) is 0 Å². The van der Waals surface area contributed by atoms with E-state index in [0.29, 0.717) is 41.8 Å². The van der Waals surface area contributed by atoms with Crippen LogP contribution < -0.4 is 32.7 Å². The molecule has 4 atom stereocenters. The lowest BCUT2D eigenvalue weighted by Crippen LogP contribution is -2.55. The molecule has 4 bridgehead atoms. The van der Waals surface area contributed by atoms with Crippen molar-refractivity contribution < 1.29 is 57.7 Å². The highest BCUT2D eigenvalue weighted by atomic mass is 31.2. The van der Waals surface area contributed by atoms with E-state index in [1.165, 1.54) is 33.8 Å². The number of hydrogen-bond donors (Lipinski definition) is 9. The maximum atomic E-state index is 13.9. The molecule has 25 heteroatoms. The molecule has 2 aliphatic heterocycles. The molecular weight excluding hydrogens is 825 g/mol. The van der Waals surface area contributed by atoms with E-state index in [2.05, 4.69) is 36.1 Å². The summed E-state index contributed by atoms with van der Waals surface area (Å²) in [5.41, 5.74) is 13.2. The van der Waals surface area contributed by atoms with Crippen molar-refractivity contribution in [2.24, 2.45) is 11.5 Å². The molecule has 0 radical (unpaired) electrons. The molecule has 0 saturated heterocycles. The van der Waals surface area contributed by atoms with Crippen molar-refractivity contribution in [3.8, 4) is 5.69 Å². The van der Waals surface area contributed by atoms with Gasteiger partial charge in [0.15, 0.2) is 0 Å². The standard InChI is InChI=1S/C36H48N11O13P/c37-28(21-60-61(57,58)59)34(52)42-29-15-22-4-8-26(9-5-22)46-18-24(43-44-46)3-1-2-14-45(19-31(38)49)36(54)30(16-23-6-10-27(11-7-23)47(55)56)41-32(50)12-13-39-33(51)17-25(20-48)40-35(29)53/h4-11,18,25,28-30,48H,1-3,12-17,19-21,37H2,(H2,38,49)(H,39,51)(H,40,53)(H,41,50)(H,42,52)(H2,57,58,59)/t25-,28+,29+,30+/m1/s1. The monoisotopic (exact) mass is 873 g/mol. The Morgan fingerprint density at radius 3 is 2.36 bits per heavy atom. The number of aryl methyl sites for hydroxylation is 1. The fraction of sp³-hybridized carbons (Fsp3) is 0.444. The van der Waals surface area contributed by atoms with Crippen LogP contribution in [0.2, 0.25) is 0 Å². The second-order valence-electron chi connectivity index (χ2n) is 14.1. The van der Waals surface area contributed by atoms with Gasteiger partial charge in [0.25, 0.3) is 5.69 Å². The number of amides is 6. The third-order valence-corrected chi connectivity index (χ3v) is 9.72. The number of aromatic nitrogens is 3. The number of aliphatic hydroxyl groups excluding tert-OH is 1. The molecule has 1 aromatic heterocycles. The predicted molar refractivity (Wildman–Crippen MR) is 212 cm³/mol. The van der Waals surface area contributed by atoms with Gasteiger partial charge < -0.3 is 52.5 Å². The highest BCUT2D eigenvalue weighted by Gasteiger charge is 2.30. The zero-order valence-electron chi connectivity index (χ0n) is 32.8. The average Bonchev–Trinajstić information content (AvgIpc) is 3.68. The number of nitrogens with two attached hydrogens (primary N) is 2. The number of nitrogens with zero attached hydrogens (tertiary/aromatic N) is 5. The third kappa shape index (κ3) is 15.7. The molecule has 5 rings (SSSR count). The first kappa shape index (κ1) is 47.5. The molecule has 0 spiro atoms. The maximum Gasteiger partial charge on any atom is 0.469 e. The molecule has 0 aliphatic carbocycles. The number of primary amides is 1. The minimum absolute atomic E-state index is 0.0805. The van der Waals surface area contributed by atoms with Crippen molar-refractivity contribution in [2.45, 2.75) is 69.1 Å². The van der Waals surface area contributed by atoms with Gasteiger partial charge in [-0.25, -0.2) is 9.25 Å². The summed E-state index contributed by atoms with van der Waals surface area (Å²) in [6.07, 6.45) is 1.96. The van der Waals surface area contributed by atoms with Crippen LogP contribution in [0.4, 0.5) is 5.69 Å². The molecular formula is C36H48N11O13P. The van der Waals surface area contributed by atoms with Gasteiger partial charge in [-0.2, -0.15) is 0 Å². The number of benzene rings is 2. The number of rotatable bonds is 11. The largest absolute Gasteiger partial charge is 0.469 e. The fourth-order valence-corrected chi connectivity index (χ4v) is 6.47. The summed E-state index contributed by atoms with van der Waals surface area (Å²) in [5, 5.41) is 39.7. The molecule has 24 nitrogen and oxygen atoms in total. The van der Waals surface area contributed by atoms with E-state index in [9.17, 15) is 48.6 Å². The molecule has 61 heavy (non-hydrogen) atoms. The van der Waals surface area contributed by atoms with Gasteiger partial charge >= 0.3 is 7.82 Å². The van der Waals surface area contributed by atoms with E-state index in [4.69, 9.17) is 21.3 Å². The van der Waals surface area contributed by atoms with E-state index >= 15 is 0 Å². The van der Waals surface area contributed by atoms with Gasteiger partial charge in [0.05, 0.1) is 48.3 Å². The SMILES string of the molecule is NC(=O)CN1CCCCc2cn(nn2)-c2ccc(cc2)C[C@H](NC(=O)[C@@H](N)COP(=O)(O)O)C(=O)N[C@@H](CO)CC(=O)NCCC(=O)N[C@@H](Cc2ccc([N+](=O)[O-])cc2)C1=O. The molecule has 0 unspecified atom stereocenters. The molecule has 0 saturated carbocycles. The zero-order chi connectivity index (χ0) is 44.7. The first-order valence-corrected chi connectivity index (χ1v) is 20.5. The van der Waals surface area contributed by atoms with Gasteiger partial charge in [-0.05, 0) is 42.5 Å². The Kier molecular flexibility index (Phi) is 17.5. The highest BCUT2D eigenvalue weighted by molar-refractivity contribution is 7.46. The fourth-order valence-electron chi connectivity index (χ4n) is 6.12. The van der Waals surface area contributed by atoms with Gasteiger partial charge in [-0.3, -0.25) is 43.4 Å².